The van der Waals surface area contributed by atoms with Gasteiger partial charge in [-0.05, 0) is 32.9 Å². The van der Waals surface area contributed by atoms with E-state index in [1.807, 2.05) is 19.1 Å². The maximum atomic E-state index is 5.33. The topological polar surface area (TPSA) is 38.1 Å². The molecule has 2 aromatic rings. The number of aromatic nitrogens is 1. The average Bonchev–Trinajstić information content (AvgIpc) is 2.86. The minimum absolute atomic E-state index is 0.222. The Kier molecular flexibility index (Phi) is 3.41. The first-order chi connectivity index (χ1) is 7.66. The van der Waals surface area contributed by atoms with E-state index in [2.05, 4.69) is 24.1 Å². The maximum Gasteiger partial charge on any atom is 0.120 e. The standard InChI is InChI=1S/C12H16N2OS/c1-8-10(3)16-12(14-8)7-13-9(2)11-5-4-6-15-11/h4-6,9,13H,7H2,1-3H3/t9-/m1/s1. The molecule has 0 saturated carbocycles. The largest absolute Gasteiger partial charge is 0.468 e. The summed E-state index contributed by atoms with van der Waals surface area (Å²) in [5.41, 5.74) is 1.13. The van der Waals surface area contributed by atoms with Crippen LogP contribution >= 0.6 is 11.3 Å². The van der Waals surface area contributed by atoms with E-state index in [1.54, 1.807) is 17.6 Å². The third-order valence-electron chi connectivity index (χ3n) is 2.60. The first kappa shape index (κ1) is 11.4. The normalized spacial score (nSPS) is 12.9. The first-order valence-corrected chi connectivity index (χ1v) is 6.18. The molecule has 0 saturated heterocycles. The van der Waals surface area contributed by atoms with Gasteiger partial charge in [0.1, 0.15) is 10.8 Å². The molecule has 2 rings (SSSR count). The Balaban J connectivity index is 1.92. The monoisotopic (exact) mass is 236 g/mol. The van der Waals surface area contributed by atoms with Gasteiger partial charge in [-0.15, -0.1) is 11.3 Å². The van der Waals surface area contributed by atoms with Gasteiger partial charge in [-0.2, -0.15) is 0 Å². The number of rotatable bonds is 4. The third-order valence-corrected chi connectivity index (χ3v) is 3.68. The average molecular weight is 236 g/mol. The van der Waals surface area contributed by atoms with E-state index in [1.165, 1.54) is 4.88 Å². The van der Waals surface area contributed by atoms with Crippen LogP contribution in [-0.4, -0.2) is 4.98 Å². The number of hydrogen-bond donors (Lipinski definition) is 1. The smallest absolute Gasteiger partial charge is 0.120 e. The van der Waals surface area contributed by atoms with E-state index in [-0.39, 0.29) is 6.04 Å². The van der Waals surface area contributed by atoms with Gasteiger partial charge in [-0.1, -0.05) is 0 Å². The molecule has 1 N–H and O–H groups in total. The Morgan fingerprint density at radius 3 is 2.88 bits per heavy atom. The molecule has 86 valence electrons. The van der Waals surface area contributed by atoms with Crippen molar-refractivity contribution in [1.29, 1.82) is 0 Å². The minimum atomic E-state index is 0.222. The van der Waals surface area contributed by atoms with Crippen molar-refractivity contribution < 1.29 is 4.42 Å². The zero-order valence-electron chi connectivity index (χ0n) is 9.78. The molecule has 0 radical (unpaired) electrons. The Morgan fingerprint density at radius 2 is 2.31 bits per heavy atom. The zero-order chi connectivity index (χ0) is 11.5. The van der Waals surface area contributed by atoms with E-state index in [9.17, 15) is 0 Å². The molecule has 0 aliphatic heterocycles. The van der Waals surface area contributed by atoms with Crippen molar-refractivity contribution in [3.05, 3.63) is 39.7 Å². The van der Waals surface area contributed by atoms with Crippen molar-refractivity contribution in [2.24, 2.45) is 0 Å². The fourth-order valence-corrected chi connectivity index (χ4v) is 2.38. The van der Waals surface area contributed by atoms with Crippen molar-refractivity contribution >= 4 is 11.3 Å². The predicted molar refractivity (Wildman–Crippen MR) is 65.6 cm³/mol. The highest BCUT2D eigenvalue weighted by Crippen LogP contribution is 2.18. The third kappa shape index (κ3) is 2.51. The van der Waals surface area contributed by atoms with E-state index >= 15 is 0 Å². The van der Waals surface area contributed by atoms with Crippen LogP contribution in [0.1, 0.15) is 34.3 Å². The molecule has 16 heavy (non-hydrogen) atoms. The van der Waals surface area contributed by atoms with Crippen LogP contribution in [0.15, 0.2) is 22.8 Å². The summed E-state index contributed by atoms with van der Waals surface area (Å²) in [6.07, 6.45) is 1.70. The van der Waals surface area contributed by atoms with Crippen molar-refractivity contribution in [2.75, 3.05) is 0 Å². The van der Waals surface area contributed by atoms with Crippen molar-refractivity contribution in [3.8, 4) is 0 Å². The number of thiazole rings is 1. The van der Waals surface area contributed by atoms with Gasteiger partial charge in [0.15, 0.2) is 0 Å². The van der Waals surface area contributed by atoms with Crippen molar-refractivity contribution in [1.82, 2.24) is 10.3 Å². The molecule has 1 atom stereocenters. The SMILES string of the molecule is Cc1nc(CN[C@H](C)c2ccco2)sc1C. The fourth-order valence-electron chi connectivity index (χ4n) is 1.49. The summed E-state index contributed by atoms with van der Waals surface area (Å²) < 4.78 is 5.33. The van der Waals surface area contributed by atoms with Gasteiger partial charge >= 0.3 is 0 Å². The molecule has 0 fully saturated rings. The summed E-state index contributed by atoms with van der Waals surface area (Å²) in [6.45, 7) is 7.03. The molecule has 4 heteroatoms. The predicted octanol–water partition coefficient (Wildman–Crippen LogP) is 3.20. The number of aryl methyl sites for hydroxylation is 2. The van der Waals surface area contributed by atoms with Gasteiger partial charge < -0.3 is 9.73 Å². The second-order valence-corrected chi connectivity index (χ2v) is 5.15. The molecular formula is C12H16N2OS. The summed E-state index contributed by atoms with van der Waals surface area (Å²) in [7, 11) is 0. The number of hydrogen-bond acceptors (Lipinski definition) is 4. The van der Waals surface area contributed by atoms with Crippen LogP contribution in [0.5, 0.6) is 0 Å². The van der Waals surface area contributed by atoms with E-state index in [0.29, 0.717) is 0 Å². The molecule has 0 bridgehead atoms. The minimum Gasteiger partial charge on any atom is -0.468 e. The summed E-state index contributed by atoms with van der Waals surface area (Å²) >= 11 is 1.75. The summed E-state index contributed by atoms with van der Waals surface area (Å²) in [4.78, 5) is 5.78. The van der Waals surface area contributed by atoms with E-state index in [0.717, 1.165) is 23.0 Å². The lowest BCUT2D eigenvalue weighted by Crippen LogP contribution is -2.17. The number of nitrogens with zero attached hydrogens (tertiary/aromatic N) is 1. The van der Waals surface area contributed by atoms with Crippen molar-refractivity contribution in [2.45, 2.75) is 33.4 Å². The van der Waals surface area contributed by atoms with Gasteiger partial charge in [0.2, 0.25) is 0 Å². The highest BCUT2D eigenvalue weighted by molar-refractivity contribution is 7.11. The van der Waals surface area contributed by atoms with Gasteiger partial charge in [0, 0.05) is 11.4 Å². The number of furan rings is 1. The van der Waals surface area contributed by atoms with Gasteiger partial charge in [0.05, 0.1) is 18.0 Å². The van der Waals surface area contributed by atoms with Gasteiger partial charge in [0.25, 0.3) is 0 Å². The Morgan fingerprint density at radius 1 is 1.50 bits per heavy atom. The van der Waals surface area contributed by atoms with Crippen molar-refractivity contribution in [3.63, 3.8) is 0 Å². The summed E-state index contributed by atoms with van der Waals surface area (Å²) in [5.74, 6) is 0.963. The highest BCUT2D eigenvalue weighted by Gasteiger charge is 2.09. The molecular weight excluding hydrogens is 220 g/mol. The van der Waals surface area contributed by atoms with Crippen LogP contribution in [0.3, 0.4) is 0 Å². The molecule has 0 spiro atoms. The zero-order valence-corrected chi connectivity index (χ0v) is 10.6. The summed E-state index contributed by atoms with van der Waals surface area (Å²) in [5, 5.41) is 4.53. The molecule has 2 heterocycles. The molecule has 0 amide bonds. The Labute approximate surface area is 99.5 Å². The fraction of sp³-hybridized carbons (Fsp3) is 0.417. The molecule has 0 aromatic carbocycles. The van der Waals surface area contributed by atoms with E-state index in [4.69, 9.17) is 4.42 Å². The molecule has 0 aliphatic rings. The van der Waals surface area contributed by atoms with Crippen LogP contribution < -0.4 is 5.32 Å². The lowest BCUT2D eigenvalue weighted by Gasteiger charge is -2.09. The van der Waals surface area contributed by atoms with Crippen LogP contribution in [0.2, 0.25) is 0 Å². The van der Waals surface area contributed by atoms with Crippen LogP contribution in [0.4, 0.5) is 0 Å². The Hall–Kier alpha value is -1.13. The number of nitrogens with one attached hydrogen (secondary N) is 1. The quantitative estimate of drug-likeness (QED) is 0.885. The lowest BCUT2D eigenvalue weighted by molar-refractivity contribution is 0.430. The second-order valence-electron chi connectivity index (χ2n) is 3.87. The van der Waals surface area contributed by atoms with Crippen LogP contribution in [0.25, 0.3) is 0 Å². The van der Waals surface area contributed by atoms with Crippen LogP contribution in [0, 0.1) is 13.8 Å². The lowest BCUT2D eigenvalue weighted by atomic mass is 10.2. The van der Waals surface area contributed by atoms with E-state index < -0.39 is 0 Å². The second kappa shape index (κ2) is 4.80. The molecule has 3 nitrogen and oxygen atoms in total. The first-order valence-electron chi connectivity index (χ1n) is 5.36. The van der Waals surface area contributed by atoms with Gasteiger partial charge in [-0.3, -0.25) is 0 Å². The van der Waals surface area contributed by atoms with Crippen LogP contribution in [-0.2, 0) is 6.54 Å². The maximum absolute atomic E-state index is 5.33. The Bertz CT molecular complexity index is 428. The molecule has 0 unspecified atom stereocenters. The molecule has 2 aromatic heterocycles. The summed E-state index contributed by atoms with van der Waals surface area (Å²) in [6, 6.07) is 4.11. The molecule has 0 aliphatic carbocycles. The van der Waals surface area contributed by atoms with Gasteiger partial charge in [-0.25, -0.2) is 4.98 Å². The highest BCUT2D eigenvalue weighted by atomic mass is 32.1.